The maximum Gasteiger partial charge on any atom is 0.247 e. The molecule has 1 spiro atoms. The Labute approximate surface area is 176 Å². The maximum atomic E-state index is 13.4. The van der Waals surface area contributed by atoms with Crippen LogP contribution in [0.25, 0.3) is 0 Å². The minimum absolute atomic E-state index is 0.0962. The second-order valence-electron chi connectivity index (χ2n) is 7.72. The highest BCUT2D eigenvalue weighted by atomic mass is 32.2. The topological polar surface area (TPSA) is 105 Å². The van der Waals surface area contributed by atoms with E-state index in [1.807, 2.05) is 0 Å². The first-order valence-corrected chi connectivity index (χ1v) is 11.3. The molecule has 1 aromatic carbocycles. The van der Waals surface area contributed by atoms with Crippen molar-refractivity contribution in [2.24, 2.45) is 5.41 Å². The molecule has 10 heteroatoms. The van der Waals surface area contributed by atoms with Gasteiger partial charge in [0, 0.05) is 44.5 Å². The number of sulfonamides is 1. The van der Waals surface area contributed by atoms with Crippen LogP contribution in [0.2, 0.25) is 0 Å². The largest absolute Gasteiger partial charge is 0.492 e. The number of fused-ring (bicyclic) bond motifs is 1. The summed E-state index contributed by atoms with van der Waals surface area (Å²) < 4.78 is 34.1. The Balaban J connectivity index is 1.63. The van der Waals surface area contributed by atoms with Gasteiger partial charge in [-0.1, -0.05) is 12.1 Å². The van der Waals surface area contributed by atoms with E-state index in [2.05, 4.69) is 20.2 Å². The van der Waals surface area contributed by atoms with Gasteiger partial charge in [0.25, 0.3) is 0 Å². The fourth-order valence-electron chi connectivity index (χ4n) is 3.98. The molecule has 1 saturated heterocycles. The molecule has 0 saturated carbocycles. The zero-order chi connectivity index (χ0) is 21.2. The standard InChI is InChI=1S/C20H25N5O4S/c1-21-18(26)13-25-14-20(7-11-24(12-8-20)19-22-9-4-10-23-19)15-29-16-5-2-3-6-17(16)30(25,27)28/h2-6,9-10H,7-8,11-15H2,1H3,(H,21,26). The second-order valence-corrected chi connectivity index (χ2v) is 9.62. The molecule has 0 bridgehead atoms. The quantitative estimate of drug-likeness (QED) is 0.770. The van der Waals surface area contributed by atoms with Crippen LogP contribution < -0.4 is 15.0 Å². The van der Waals surface area contributed by atoms with Crippen molar-refractivity contribution >= 4 is 21.9 Å². The van der Waals surface area contributed by atoms with E-state index < -0.39 is 15.4 Å². The van der Waals surface area contributed by atoms with Crippen LogP contribution >= 0.6 is 0 Å². The maximum absolute atomic E-state index is 13.4. The summed E-state index contributed by atoms with van der Waals surface area (Å²) in [6.07, 6.45) is 4.82. The number of para-hydroxylation sites is 1. The summed E-state index contributed by atoms with van der Waals surface area (Å²) in [6, 6.07) is 8.37. The molecule has 1 amide bonds. The van der Waals surface area contributed by atoms with Crippen LogP contribution in [0.4, 0.5) is 5.95 Å². The lowest BCUT2D eigenvalue weighted by molar-refractivity contribution is -0.121. The number of amides is 1. The van der Waals surface area contributed by atoms with Crippen LogP contribution in [0.1, 0.15) is 12.8 Å². The highest BCUT2D eigenvalue weighted by Crippen LogP contribution is 2.39. The number of anilines is 1. The SMILES string of the molecule is CNC(=O)CN1CC2(CCN(c3ncccn3)CC2)COc2ccccc2S1(=O)=O. The van der Waals surface area contributed by atoms with Crippen molar-refractivity contribution in [1.82, 2.24) is 19.6 Å². The number of benzene rings is 1. The average molecular weight is 432 g/mol. The Morgan fingerprint density at radius 1 is 1.17 bits per heavy atom. The van der Waals surface area contributed by atoms with Crippen molar-refractivity contribution in [3.63, 3.8) is 0 Å². The fourth-order valence-corrected chi connectivity index (χ4v) is 5.62. The van der Waals surface area contributed by atoms with Gasteiger partial charge in [-0.15, -0.1) is 0 Å². The number of hydrogen-bond acceptors (Lipinski definition) is 7. The number of hydrogen-bond donors (Lipinski definition) is 1. The summed E-state index contributed by atoms with van der Waals surface area (Å²) in [4.78, 5) is 22.9. The van der Waals surface area contributed by atoms with Crippen molar-refractivity contribution in [2.45, 2.75) is 17.7 Å². The number of nitrogens with one attached hydrogen (secondary N) is 1. The molecular weight excluding hydrogens is 406 g/mol. The summed E-state index contributed by atoms with van der Waals surface area (Å²) in [5, 5.41) is 2.53. The van der Waals surface area contributed by atoms with Gasteiger partial charge in [-0.25, -0.2) is 18.4 Å². The van der Waals surface area contributed by atoms with E-state index in [-0.39, 0.29) is 23.9 Å². The van der Waals surface area contributed by atoms with E-state index in [1.54, 1.807) is 36.7 Å². The third-order valence-corrected chi connectivity index (χ3v) is 7.60. The summed E-state index contributed by atoms with van der Waals surface area (Å²) in [5.74, 6) is 0.648. The molecular formula is C20H25N5O4S. The molecule has 0 unspecified atom stereocenters. The van der Waals surface area contributed by atoms with E-state index in [0.717, 1.165) is 0 Å². The number of likely N-dealkylation sites (N-methyl/N-ethyl adjacent to an activating group) is 1. The van der Waals surface area contributed by atoms with Gasteiger partial charge in [0.2, 0.25) is 21.9 Å². The lowest BCUT2D eigenvalue weighted by Gasteiger charge is -2.44. The van der Waals surface area contributed by atoms with Gasteiger partial charge in [-0.3, -0.25) is 4.79 Å². The van der Waals surface area contributed by atoms with Crippen LogP contribution in [0.5, 0.6) is 5.75 Å². The van der Waals surface area contributed by atoms with E-state index in [0.29, 0.717) is 44.2 Å². The van der Waals surface area contributed by atoms with Crippen LogP contribution in [-0.2, 0) is 14.8 Å². The van der Waals surface area contributed by atoms with Gasteiger partial charge in [0.15, 0.2) is 0 Å². The van der Waals surface area contributed by atoms with E-state index in [1.165, 1.54) is 17.4 Å². The Hall–Kier alpha value is -2.72. The first-order valence-electron chi connectivity index (χ1n) is 9.88. The zero-order valence-electron chi connectivity index (χ0n) is 16.8. The Morgan fingerprint density at radius 3 is 2.57 bits per heavy atom. The molecule has 0 radical (unpaired) electrons. The summed E-state index contributed by atoms with van der Waals surface area (Å²) in [7, 11) is -2.38. The van der Waals surface area contributed by atoms with E-state index in [4.69, 9.17) is 4.74 Å². The van der Waals surface area contributed by atoms with Crippen molar-refractivity contribution in [3.8, 4) is 5.75 Å². The summed E-state index contributed by atoms with van der Waals surface area (Å²) >= 11 is 0. The van der Waals surface area contributed by atoms with Gasteiger partial charge >= 0.3 is 0 Å². The average Bonchev–Trinajstić information content (AvgIpc) is 2.78. The second kappa shape index (κ2) is 8.19. The summed E-state index contributed by atoms with van der Waals surface area (Å²) in [5.41, 5.74) is -0.403. The van der Waals surface area contributed by atoms with Gasteiger partial charge in [0.05, 0.1) is 13.2 Å². The van der Waals surface area contributed by atoms with Crippen LogP contribution in [0.15, 0.2) is 47.6 Å². The van der Waals surface area contributed by atoms with Crippen molar-refractivity contribution < 1.29 is 17.9 Å². The number of carbonyl (C=O) groups is 1. The highest BCUT2D eigenvalue weighted by Gasteiger charge is 2.43. The first kappa shape index (κ1) is 20.5. The van der Waals surface area contributed by atoms with Gasteiger partial charge < -0.3 is 15.0 Å². The molecule has 9 nitrogen and oxygen atoms in total. The van der Waals surface area contributed by atoms with Gasteiger partial charge in [-0.05, 0) is 31.0 Å². The molecule has 160 valence electrons. The molecule has 2 aliphatic rings. The third-order valence-electron chi connectivity index (χ3n) is 5.77. The Bertz CT molecular complexity index is 1010. The Morgan fingerprint density at radius 2 is 1.87 bits per heavy atom. The van der Waals surface area contributed by atoms with Crippen molar-refractivity contribution in [3.05, 3.63) is 42.7 Å². The fraction of sp³-hybridized carbons (Fsp3) is 0.450. The predicted molar refractivity (Wildman–Crippen MR) is 111 cm³/mol. The molecule has 2 aromatic rings. The summed E-state index contributed by atoms with van der Waals surface area (Å²) in [6.45, 7) is 1.75. The van der Waals surface area contributed by atoms with E-state index in [9.17, 15) is 13.2 Å². The van der Waals surface area contributed by atoms with Crippen LogP contribution in [0, 0.1) is 5.41 Å². The van der Waals surface area contributed by atoms with Crippen LogP contribution in [0.3, 0.4) is 0 Å². The van der Waals surface area contributed by atoms with Gasteiger partial charge in [-0.2, -0.15) is 4.31 Å². The molecule has 2 aliphatic heterocycles. The third kappa shape index (κ3) is 3.97. The first-order chi connectivity index (χ1) is 14.4. The molecule has 3 heterocycles. The number of piperidine rings is 1. The lowest BCUT2D eigenvalue weighted by atomic mass is 9.79. The predicted octanol–water partition coefficient (Wildman–Crippen LogP) is 0.892. The van der Waals surface area contributed by atoms with Gasteiger partial charge in [0.1, 0.15) is 10.6 Å². The minimum atomic E-state index is -3.88. The smallest absolute Gasteiger partial charge is 0.247 e. The number of nitrogens with zero attached hydrogens (tertiary/aromatic N) is 4. The number of aromatic nitrogens is 2. The normalized spacial score (nSPS) is 20.5. The Kier molecular flexibility index (Phi) is 5.61. The molecule has 4 rings (SSSR count). The number of carbonyl (C=O) groups excluding carboxylic acids is 1. The molecule has 1 N–H and O–H groups in total. The molecule has 30 heavy (non-hydrogen) atoms. The van der Waals surface area contributed by atoms with Crippen LogP contribution in [-0.4, -0.2) is 68.4 Å². The number of ether oxygens (including phenoxy) is 1. The minimum Gasteiger partial charge on any atom is -0.492 e. The molecule has 0 aliphatic carbocycles. The van der Waals surface area contributed by atoms with E-state index >= 15 is 0 Å². The monoisotopic (exact) mass is 431 g/mol. The molecule has 0 atom stereocenters. The highest BCUT2D eigenvalue weighted by molar-refractivity contribution is 7.89. The van der Waals surface area contributed by atoms with Crippen molar-refractivity contribution in [2.75, 3.05) is 44.7 Å². The number of rotatable bonds is 3. The lowest BCUT2D eigenvalue weighted by Crippen LogP contribution is -2.53. The molecule has 1 fully saturated rings. The zero-order valence-corrected chi connectivity index (χ0v) is 17.6. The molecule has 1 aromatic heterocycles. The van der Waals surface area contributed by atoms with Crippen molar-refractivity contribution in [1.29, 1.82) is 0 Å².